The van der Waals surface area contributed by atoms with Crippen LogP contribution in [0.1, 0.15) is 46.3 Å². The van der Waals surface area contributed by atoms with E-state index in [1.165, 1.54) is 34.2 Å². The molecule has 0 bridgehead atoms. The van der Waals surface area contributed by atoms with Crippen molar-refractivity contribution in [1.82, 2.24) is 28.5 Å². The number of aromatic hydroxyl groups is 1. The van der Waals surface area contributed by atoms with Gasteiger partial charge in [0, 0.05) is 49.7 Å². The predicted octanol–water partition coefficient (Wildman–Crippen LogP) is 5.53. The first kappa shape index (κ1) is 42.8. The van der Waals surface area contributed by atoms with Gasteiger partial charge < -0.3 is 23.9 Å². The minimum Gasteiger partial charge on any atom is -0.508 e. The van der Waals surface area contributed by atoms with Gasteiger partial charge in [0.15, 0.2) is 11.5 Å². The van der Waals surface area contributed by atoms with E-state index < -0.39 is 52.0 Å². The highest BCUT2D eigenvalue weighted by molar-refractivity contribution is 6.12. The Morgan fingerprint density at radius 2 is 1.54 bits per heavy atom. The van der Waals surface area contributed by atoms with E-state index in [-0.39, 0.29) is 44.0 Å². The molecule has 4 heterocycles. The van der Waals surface area contributed by atoms with E-state index in [1.54, 1.807) is 55.6 Å². The van der Waals surface area contributed by atoms with Crippen LogP contribution >= 0.6 is 0 Å². The standard InChI is InChI=1S/C51H47N7O9/c1-30-15-17-33(18-16-30)53-57-46(60)37-26-40-35(45(51(37,48(57)62)32-13-9-6-10-14-32)36-20-19-34(25-42(36)59)67-29-31-11-7-5-8-12-31)21-24-56-49(63)55(50(64)58(40)56)23-22-38-47(61)54(2)41-28-44(66-4)43(65-3)27-39(41)52-38/h5-21,25,27-28,37,40,45,53,59H,22-24,26,29H2,1-4H3/t37-,40+,45+,51+/m0/s1. The monoisotopic (exact) mass is 901 g/mol. The number of nitrogens with zero attached hydrogens (tertiary/aromatic N) is 6. The van der Waals surface area contributed by atoms with E-state index >= 15 is 9.59 Å². The van der Waals surface area contributed by atoms with E-state index in [4.69, 9.17) is 14.2 Å². The molecule has 2 fully saturated rings. The molecule has 2 amide bonds. The molecule has 10 rings (SSSR count). The molecule has 4 atom stereocenters. The summed E-state index contributed by atoms with van der Waals surface area (Å²) in [4.78, 5) is 78.0. The number of hydrogen-bond acceptors (Lipinski definition) is 11. The molecular weight excluding hydrogens is 855 g/mol. The average Bonchev–Trinajstić information content (AvgIpc) is 3.72. The van der Waals surface area contributed by atoms with E-state index in [2.05, 4.69) is 10.4 Å². The van der Waals surface area contributed by atoms with Crippen molar-refractivity contribution in [2.75, 3.05) is 19.6 Å². The summed E-state index contributed by atoms with van der Waals surface area (Å²) >= 11 is 0. The number of fused-ring (bicyclic) bond motifs is 5. The fourth-order valence-electron chi connectivity index (χ4n) is 10.3. The Bertz CT molecular complexity index is 3320. The van der Waals surface area contributed by atoms with Crippen molar-refractivity contribution in [2.24, 2.45) is 13.0 Å². The molecule has 3 aliphatic rings. The molecule has 0 spiro atoms. The summed E-state index contributed by atoms with van der Waals surface area (Å²) in [6, 6.07) is 33.3. The highest BCUT2D eigenvalue weighted by atomic mass is 16.5. The summed E-state index contributed by atoms with van der Waals surface area (Å²) in [5, 5.41) is 13.2. The van der Waals surface area contributed by atoms with Crippen molar-refractivity contribution in [2.45, 2.75) is 56.8 Å². The van der Waals surface area contributed by atoms with Gasteiger partial charge in [0.1, 0.15) is 23.8 Å². The maximum Gasteiger partial charge on any atom is 0.347 e. The van der Waals surface area contributed by atoms with E-state index in [0.717, 1.165) is 20.7 Å². The number of amides is 2. The van der Waals surface area contributed by atoms with Gasteiger partial charge in [0.25, 0.3) is 17.4 Å². The number of hydrazine groups is 1. The number of aryl methyl sites for hydroxylation is 3. The lowest BCUT2D eigenvalue weighted by molar-refractivity contribution is -0.138. The smallest absolute Gasteiger partial charge is 0.347 e. The van der Waals surface area contributed by atoms with Crippen LogP contribution in [0.3, 0.4) is 0 Å². The molecule has 1 saturated heterocycles. The molecule has 1 saturated carbocycles. The van der Waals surface area contributed by atoms with Crippen molar-refractivity contribution >= 4 is 28.5 Å². The van der Waals surface area contributed by atoms with Crippen LogP contribution < -0.4 is 36.6 Å². The van der Waals surface area contributed by atoms with Crippen LogP contribution in [0.25, 0.3) is 11.0 Å². The molecule has 0 unspecified atom stereocenters. The third-order valence-electron chi connectivity index (χ3n) is 13.5. The Morgan fingerprint density at radius 3 is 2.24 bits per heavy atom. The molecule has 16 heteroatoms. The fraction of sp³-hybridized carbons (Fsp3) is 0.255. The number of imide groups is 1. The molecule has 5 aromatic carbocycles. The average molecular weight is 902 g/mol. The number of phenols is 1. The number of methoxy groups -OCH3 is 2. The summed E-state index contributed by atoms with van der Waals surface area (Å²) < 4.78 is 22.2. The summed E-state index contributed by atoms with van der Waals surface area (Å²) in [7, 11) is 4.60. The second-order valence-corrected chi connectivity index (χ2v) is 17.1. The van der Waals surface area contributed by atoms with Gasteiger partial charge in [-0.15, -0.1) is 0 Å². The normalized spacial score (nSPS) is 19.7. The molecule has 1 aliphatic carbocycles. The number of aromatic nitrogens is 5. The van der Waals surface area contributed by atoms with Crippen molar-refractivity contribution in [3.05, 3.63) is 186 Å². The quantitative estimate of drug-likeness (QED) is 0.116. The predicted molar refractivity (Wildman–Crippen MR) is 248 cm³/mol. The van der Waals surface area contributed by atoms with Crippen molar-refractivity contribution in [1.29, 1.82) is 0 Å². The number of anilines is 1. The van der Waals surface area contributed by atoms with Gasteiger partial charge in [0.2, 0.25) is 0 Å². The summed E-state index contributed by atoms with van der Waals surface area (Å²) in [5.74, 6) is -2.10. The summed E-state index contributed by atoms with van der Waals surface area (Å²) in [6.07, 6.45) is 1.74. The minimum atomic E-state index is -1.62. The Balaban J connectivity index is 1.08. The Hall–Kier alpha value is -8.14. The van der Waals surface area contributed by atoms with Crippen LogP contribution in [0.4, 0.5) is 5.69 Å². The number of ether oxygens (including phenoxy) is 3. The number of carbonyl (C=O) groups excluding carboxylic acids is 2. The molecule has 340 valence electrons. The van der Waals surface area contributed by atoms with Gasteiger partial charge >= 0.3 is 11.4 Å². The Morgan fingerprint density at radius 1 is 0.836 bits per heavy atom. The van der Waals surface area contributed by atoms with Gasteiger partial charge in [-0.2, -0.15) is 5.01 Å². The number of hydrogen-bond donors (Lipinski definition) is 2. The Labute approximate surface area is 383 Å². The van der Waals surface area contributed by atoms with E-state index in [1.807, 2.05) is 73.7 Å². The maximum atomic E-state index is 15.6. The lowest BCUT2D eigenvalue weighted by Gasteiger charge is -2.49. The van der Waals surface area contributed by atoms with Crippen molar-refractivity contribution in [3.63, 3.8) is 0 Å². The number of benzene rings is 5. The minimum absolute atomic E-state index is 0.0334. The van der Waals surface area contributed by atoms with Gasteiger partial charge in [-0.25, -0.2) is 28.5 Å². The van der Waals surface area contributed by atoms with Crippen LogP contribution in [-0.2, 0) is 48.2 Å². The number of rotatable bonds is 12. The molecule has 67 heavy (non-hydrogen) atoms. The third-order valence-corrected chi connectivity index (χ3v) is 13.5. The van der Waals surface area contributed by atoms with Gasteiger partial charge in [-0.1, -0.05) is 90.5 Å². The third kappa shape index (κ3) is 6.89. The molecule has 2 aromatic heterocycles. The molecule has 2 N–H and O–H groups in total. The van der Waals surface area contributed by atoms with Gasteiger partial charge in [-0.05, 0) is 48.2 Å². The van der Waals surface area contributed by atoms with Crippen LogP contribution in [-0.4, -0.2) is 59.6 Å². The lowest BCUT2D eigenvalue weighted by Crippen LogP contribution is -2.53. The zero-order valence-electron chi connectivity index (χ0n) is 37.2. The van der Waals surface area contributed by atoms with Crippen LogP contribution in [0.15, 0.2) is 141 Å². The van der Waals surface area contributed by atoms with Crippen LogP contribution in [0, 0.1) is 12.8 Å². The summed E-state index contributed by atoms with van der Waals surface area (Å²) in [5.41, 5.74) is 4.80. The lowest BCUT2D eigenvalue weighted by atomic mass is 9.53. The topological polar surface area (TPSA) is 181 Å². The molecular formula is C51H47N7O9. The second-order valence-electron chi connectivity index (χ2n) is 17.1. The van der Waals surface area contributed by atoms with E-state index in [9.17, 15) is 19.5 Å². The van der Waals surface area contributed by atoms with Crippen LogP contribution in [0.5, 0.6) is 23.0 Å². The van der Waals surface area contributed by atoms with Gasteiger partial charge in [-0.3, -0.25) is 19.8 Å². The Kier molecular flexibility index (Phi) is 10.7. The molecule has 7 aromatic rings. The number of allylic oxidation sites excluding steroid dienone is 2. The second kappa shape index (κ2) is 16.7. The SMILES string of the molecule is COc1cc2nc(CCn3c(=O)n4n(c3=O)[C@@H]3C[C@H]5C(=O)N(Nc6ccc(C)cc6)C(=O)[C@@]5(c5ccccc5)[C@@H](c5ccc(OCc6ccccc6)cc5O)C3=CC4)c(=O)n(C)c2cc1OC. The zero-order valence-corrected chi connectivity index (χ0v) is 37.2. The molecule has 2 aliphatic heterocycles. The number of nitrogens with one attached hydrogen (secondary N) is 1. The number of phenolic OH excluding ortho intramolecular Hbond substituents is 1. The maximum absolute atomic E-state index is 15.6. The molecule has 16 nitrogen and oxygen atoms in total. The first-order valence-electron chi connectivity index (χ1n) is 21.9. The van der Waals surface area contributed by atoms with Crippen molar-refractivity contribution in [3.8, 4) is 23.0 Å². The first-order valence-corrected chi connectivity index (χ1v) is 21.9. The van der Waals surface area contributed by atoms with Crippen LogP contribution in [0.2, 0.25) is 0 Å². The fourth-order valence-corrected chi connectivity index (χ4v) is 10.3. The molecule has 0 radical (unpaired) electrons. The van der Waals surface area contributed by atoms with Crippen molar-refractivity contribution < 1.29 is 28.9 Å². The highest BCUT2D eigenvalue weighted by Gasteiger charge is 2.69. The zero-order chi connectivity index (χ0) is 46.7. The highest BCUT2D eigenvalue weighted by Crippen LogP contribution is 2.63. The van der Waals surface area contributed by atoms with E-state index in [0.29, 0.717) is 50.7 Å². The summed E-state index contributed by atoms with van der Waals surface area (Å²) in [6.45, 7) is 1.95. The first-order chi connectivity index (χ1) is 32.4. The largest absolute Gasteiger partial charge is 0.508 e. The number of carbonyl (C=O) groups is 2. The van der Waals surface area contributed by atoms with Gasteiger partial charge in [0.05, 0.1) is 54.9 Å².